The number of aliphatic hydroxyl groups is 1. The fraction of sp³-hybridized carbons (Fsp3) is 0.333. The van der Waals surface area contributed by atoms with E-state index in [0.717, 1.165) is 36.4 Å². The maximum Gasteiger partial charge on any atom is 0.295 e. The molecule has 1 amide bonds. The Bertz CT molecular complexity index is 1410. The number of likely N-dealkylation sites (N-methyl/N-ethyl adjacent to an activating group) is 1. The second-order valence-corrected chi connectivity index (χ2v) is 10.3. The van der Waals surface area contributed by atoms with Gasteiger partial charge >= 0.3 is 0 Å². The second-order valence-electron chi connectivity index (χ2n) is 10.3. The number of hydrogen-bond acceptors (Lipinski definition) is 6. The van der Waals surface area contributed by atoms with Crippen LogP contribution in [0.4, 0.5) is 0 Å². The topological polar surface area (TPSA) is 79.3 Å². The number of amides is 1. The maximum atomic E-state index is 13.5. The van der Waals surface area contributed by atoms with E-state index in [0.29, 0.717) is 36.6 Å². The molecule has 0 spiro atoms. The van der Waals surface area contributed by atoms with Crippen molar-refractivity contribution in [2.24, 2.45) is 0 Å². The van der Waals surface area contributed by atoms with Gasteiger partial charge in [0.05, 0.1) is 11.6 Å². The van der Waals surface area contributed by atoms with Crippen molar-refractivity contribution >= 4 is 17.4 Å². The molecule has 3 aromatic carbocycles. The normalized spacial score (nSPS) is 19.6. The minimum Gasteiger partial charge on any atom is -0.507 e. The summed E-state index contributed by atoms with van der Waals surface area (Å²) in [5.41, 5.74) is 3.31. The zero-order valence-corrected chi connectivity index (χ0v) is 23.3. The molecule has 40 heavy (non-hydrogen) atoms. The van der Waals surface area contributed by atoms with Crippen molar-refractivity contribution in [2.45, 2.75) is 45.9 Å². The van der Waals surface area contributed by atoms with Crippen LogP contribution < -0.4 is 9.47 Å². The average Bonchev–Trinajstić information content (AvgIpc) is 3.47. The first kappa shape index (κ1) is 27.5. The molecule has 2 aliphatic rings. The molecule has 0 saturated carbocycles. The molecule has 0 unspecified atom stereocenters. The number of ether oxygens (including phenoxy) is 2. The smallest absolute Gasteiger partial charge is 0.295 e. The second kappa shape index (κ2) is 12.0. The molecule has 0 aliphatic carbocycles. The molecule has 2 aliphatic heterocycles. The molecule has 5 rings (SSSR count). The predicted molar refractivity (Wildman–Crippen MR) is 154 cm³/mol. The van der Waals surface area contributed by atoms with Crippen molar-refractivity contribution in [3.8, 4) is 11.5 Å². The number of ketones is 1. The minimum absolute atomic E-state index is 0.0525. The van der Waals surface area contributed by atoms with Gasteiger partial charge in [-0.25, -0.2) is 0 Å². The summed E-state index contributed by atoms with van der Waals surface area (Å²) in [4.78, 5) is 30.7. The van der Waals surface area contributed by atoms with Crippen molar-refractivity contribution in [1.82, 2.24) is 9.80 Å². The lowest BCUT2D eigenvalue weighted by Crippen LogP contribution is -2.38. The standard InChI is InChI=1S/C33H36N2O5/c1-4-34(5-2)16-17-35-30(24-12-9-13-27(20-24)39-21-23-10-7-6-8-11-23)29(32(37)33(35)38)31(36)25-14-15-28-26(19-25)18-22(3)40-28/h6-15,19-20,22,30,36H,4-5,16-18,21H2,1-3H3/b31-29+/t22-,30+/m1/s1. The number of likely N-dealkylation sites (tertiary alicyclic amines) is 1. The molecule has 1 fully saturated rings. The minimum atomic E-state index is -0.737. The summed E-state index contributed by atoms with van der Waals surface area (Å²) in [6.45, 7) is 9.18. The van der Waals surface area contributed by atoms with E-state index >= 15 is 0 Å². The summed E-state index contributed by atoms with van der Waals surface area (Å²) >= 11 is 0. The van der Waals surface area contributed by atoms with E-state index in [-0.39, 0.29) is 17.4 Å². The Hall–Kier alpha value is -4.10. The Morgan fingerprint density at radius 2 is 1.80 bits per heavy atom. The van der Waals surface area contributed by atoms with Gasteiger partial charge < -0.3 is 24.4 Å². The van der Waals surface area contributed by atoms with Crippen LogP contribution in [-0.2, 0) is 22.6 Å². The van der Waals surface area contributed by atoms with Crippen molar-refractivity contribution < 1.29 is 24.2 Å². The van der Waals surface area contributed by atoms with Gasteiger partial charge in [-0.2, -0.15) is 0 Å². The summed E-state index contributed by atoms with van der Waals surface area (Å²) in [6, 6.07) is 22.0. The SMILES string of the molecule is CCN(CC)CCN1C(=O)C(=O)/C(=C(/O)c2ccc3c(c2)C[C@@H](C)O3)[C@@H]1c1cccc(OCc2ccccc2)c1. The zero-order chi connectivity index (χ0) is 28.2. The van der Waals surface area contributed by atoms with Crippen molar-refractivity contribution in [2.75, 3.05) is 26.2 Å². The highest BCUT2D eigenvalue weighted by Gasteiger charge is 2.46. The number of fused-ring (bicyclic) bond motifs is 1. The van der Waals surface area contributed by atoms with Crippen LogP contribution in [0, 0.1) is 0 Å². The van der Waals surface area contributed by atoms with E-state index in [1.54, 1.807) is 11.0 Å². The third-order valence-corrected chi connectivity index (χ3v) is 7.68. The Labute approximate surface area is 235 Å². The van der Waals surface area contributed by atoms with E-state index in [1.165, 1.54) is 0 Å². The van der Waals surface area contributed by atoms with E-state index in [1.807, 2.05) is 73.7 Å². The largest absolute Gasteiger partial charge is 0.507 e. The van der Waals surface area contributed by atoms with E-state index < -0.39 is 17.7 Å². The first-order valence-electron chi connectivity index (χ1n) is 14.0. The number of aliphatic hydroxyl groups excluding tert-OH is 1. The third-order valence-electron chi connectivity index (χ3n) is 7.68. The molecule has 3 aromatic rings. The van der Waals surface area contributed by atoms with E-state index in [4.69, 9.17) is 9.47 Å². The number of benzene rings is 3. The Morgan fingerprint density at radius 3 is 2.55 bits per heavy atom. The molecular weight excluding hydrogens is 504 g/mol. The summed E-state index contributed by atoms with van der Waals surface area (Å²) in [6.07, 6.45) is 0.774. The number of hydrogen-bond donors (Lipinski definition) is 1. The molecule has 0 bridgehead atoms. The molecule has 2 atom stereocenters. The number of carbonyl (C=O) groups excluding carboxylic acids is 2. The third kappa shape index (κ3) is 5.61. The van der Waals surface area contributed by atoms with Crippen LogP contribution in [0.5, 0.6) is 11.5 Å². The average molecular weight is 541 g/mol. The summed E-state index contributed by atoms with van der Waals surface area (Å²) in [5.74, 6) is -0.0512. The maximum absolute atomic E-state index is 13.5. The zero-order valence-electron chi connectivity index (χ0n) is 23.3. The molecule has 2 heterocycles. The quantitative estimate of drug-likeness (QED) is 0.212. The van der Waals surface area contributed by atoms with Gasteiger partial charge in [-0.15, -0.1) is 0 Å². The predicted octanol–water partition coefficient (Wildman–Crippen LogP) is 5.35. The lowest BCUT2D eigenvalue weighted by atomic mass is 9.94. The van der Waals surface area contributed by atoms with Crippen LogP contribution in [-0.4, -0.2) is 58.9 Å². The highest BCUT2D eigenvalue weighted by Crippen LogP contribution is 2.41. The number of carbonyl (C=O) groups is 2. The van der Waals surface area contributed by atoms with Crippen LogP contribution in [0.2, 0.25) is 0 Å². The summed E-state index contributed by atoms with van der Waals surface area (Å²) in [5, 5.41) is 11.5. The lowest BCUT2D eigenvalue weighted by Gasteiger charge is -2.28. The van der Waals surface area contributed by atoms with Gasteiger partial charge in [-0.05, 0) is 67.0 Å². The van der Waals surface area contributed by atoms with Gasteiger partial charge in [-0.3, -0.25) is 9.59 Å². The Balaban J connectivity index is 1.53. The fourth-order valence-corrected chi connectivity index (χ4v) is 5.49. The highest BCUT2D eigenvalue weighted by atomic mass is 16.5. The molecule has 0 aromatic heterocycles. The molecular formula is C33H36N2O5. The summed E-state index contributed by atoms with van der Waals surface area (Å²) < 4.78 is 11.9. The fourth-order valence-electron chi connectivity index (χ4n) is 5.49. The molecule has 208 valence electrons. The number of nitrogens with zero attached hydrogens (tertiary/aromatic N) is 2. The van der Waals surface area contributed by atoms with Gasteiger partial charge in [0.15, 0.2) is 0 Å². The van der Waals surface area contributed by atoms with Crippen LogP contribution in [0.25, 0.3) is 5.76 Å². The first-order chi connectivity index (χ1) is 19.4. The Morgan fingerprint density at radius 1 is 1.02 bits per heavy atom. The molecule has 7 nitrogen and oxygen atoms in total. The van der Waals surface area contributed by atoms with Gasteiger partial charge in [0.25, 0.3) is 11.7 Å². The summed E-state index contributed by atoms with van der Waals surface area (Å²) in [7, 11) is 0. The van der Waals surface area contributed by atoms with E-state index in [9.17, 15) is 14.7 Å². The molecule has 7 heteroatoms. The molecule has 1 saturated heterocycles. The van der Waals surface area contributed by atoms with E-state index in [2.05, 4.69) is 18.7 Å². The van der Waals surface area contributed by atoms with Crippen molar-refractivity contribution in [1.29, 1.82) is 0 Å². The van der Waals surface area contributed by atoms with Crippen molar-refractivity contribution in [3.05, 3.63) is 101 Å². The molecule has 1 N–H and O–H groups in total. The van der Waals surface area contributed by atoms with Gasteiger partial charge in [0.2, 0.25) is 0 Å². The number of Topliss-reactive ketones (excluding diaryl/α,β-unsaturated/α-hetero) is 1. The highest BCUT2D eigenvalue weighted by molar-refractivity contribution is 6.46. The van der Waals surface area contributed by atoms with Crippen LogP contribution in [0.15, 0.2) is 78.4 Å². The van der Waals surface area contributed by atoms with Gasteiger partial charge in [-0.1, -0.05) is 56.3 Å². The van der Waals surface area contributed by atoms with Gasteiger partial charge in [0, 0.05) is 25.1 Å². The number of rotatable bonds is 10. The van der Waals surface area contributed by atoms with Gasteiger partial charge in [0.1, 0.15) is 30.0 Å². The van der Waals surface area contributed by atoms with Crippen LogP contribution in [0.1, 0.15) is 49.1 Å². The molecule has 0 radical (unpaired) electrons. The lowest BCUT2D eigenvalue weighted by molar-refractivity contribution is -0.140. The van der Waals surface area contributed by atoms with Crippen molar-refractivity contribution in [3.63, 3.8) is 0 Å². The Kier molecular flexibility index (Phi) is 8.21. The van der Waals surface area contributed by atoms with Crippen LogP contribution in [0.3, 0.4) is 0 Å². The van der Waals surface area contributed by atoms with Crippen LogP contribution >= 0.6 is 0 Å². The monoisotopic (exact) mass is 540 g/mol. The first-order valence-corrected chi connectivity index (χ1v) is 14.0.